The first-order valence-corrected chi connectivity index (χ1v) is 7.90. The first-order chi connectivity index (χ1) is 10.5. The predicted octanol–water partition coefficient (Wildman–Crippen LogP) is 3.47. The zero-order valence-electron chi connectivity index (χ0n) is 12.3. The van der Waals surface area contributed by atoms with Crippen molar-refractivity contribution in [2.24, 2.45) is 5.92 Å². The Labute approximate surface area is 132 Å². The number of hydrogen-bond donors (Lipinski definition) is 2. The lowest BCUT2D eigenvalue weighted by molar-refractivity contribution is -0.117. The average molecular weight is 316 g/mol. The first-order valence-electron chi connectivity index (χ1n) is 7.08. The van der Waals surface area contributed by atoms with Gasteiger partial charge in [0.25, 0.3) is 0 Å². The van der Waals surface area contributed by atoms with Crippen LogP contribution in [-0.4, -0.2) is 22.0 Å². The normalized spacial score (nSPS) is 13.9. The number of benzene rings is 1. The van der Waals surface area contributed by atoms with Crippen molar-refractivity contribution in [3.8, 4) is 11.3 Å². The van der Waals surface area contributed by atoms with Gasteiger partial charge in [-0.05, 0) is 43.9 Å². The zero-order chi connectivity index (χ0) is 15.9. The van der Waals surface area contributed by atoms with Crippen LogP contribution in [0.5, 0.6) is 0 Å². The van der Waals surface area contributed by atoms with Crippen molar-refractivity contribution in [2.45, 2.75) is 26.7 Å². The van der Waals surface area contributed by atoms with Crippen molar-refractivity contribution >= 4 is 28.3 Å². The highest BCUT2D eigenvalue weighted by Gasteiger charge is 2.30. The summed E-state index contributed by atoms with van der Waals surface area (Å²) >= 11 is 1.00. The molecule has 2 N–H and O–H groups in total. The standard InChI is InChI=1S/C16H16N2O3S/c1-8-3-4-11(7-9(8)2)12-13(15(20)21)22-16(17-12)18-14(19)10-5-6-10/h3-4,7,10H,5-6H2,1-2H3,(H,20,21)(H,17,18,19). The van der Waals surface area contributed by atoms with Gasteiger partial charge in [0, 0.05) is 11.5 Å². The smallest absolute Gasteiger partial charge is 0.348 e. The molecule has 1 aromatic heterocycles. The number of thiazole rings is 1. The summed E-state index contributed by atoms with van der Waals surface area (Å²) in [6.07, 6.45) is 1.79. The van der Waals surface area contributed by atoms with Crippen LogP contribution in [0.15, 0.2) is 18.2 Å². The molecule has 1 heterocycles. The SMILES string of the molecule is Cc1ccc(-c2nc(NC(=O)C3CC3)sc2C(=O)O)cc1C. The Morgan fingerprint density at radius 2 is 2.00 bits per heavy atom. The van der Waals surface area contributed by atoms with Crippen LogP contribution < -0.4 is 5.32 Å². The lowest BCUT2D eigenvalue weighted by atomic mass is 10.0. The van der Waals surface area contributed by atoms with Crippen LogP contribution in [0.2, 0.25) is 0 Å². The number of aromatic nitrogens is 1. The molecule has 1 aliphatic carbocycles. The van der Waals surface area contributed by atoms with Crippen molar-refractivity contribution in [3.63, 3.8) is 0 Å². The molecule has 0 aliphatic heterocycles. The minimum absolute atomic E-state index is 0.0576. The van der Waals surface area contributed by atoms with Crippen LogP contribution in [0.4, 0.5) is 5.13 Å². The first kappa shape index (κ1) is 14.7. The number of aryl methyl sites for hydroxylation is 2. The van der Waals surface area contributed by atoms with Crippen LogP contribution in [-0.2, 0) is 4.79 Å². The number of hydrogen-bond acceptors (Lipinski definition) is 4. The van der Waals surface area contributed by atoms with Gasteiger partial charge in [-0.3, -0.25) is 4.79 Å². The van der Waals surface area contributed by atoms with Crippen molar-refractivity contribution in [1.29, 1.82) is 0 Å². The number of anilines is 1. The molecule has 0 atom stereocenters. The Morgan fingerprint density at radius 3 is 2.59 bits per heavy atom. The second kappa shape index (κ2) is 5.53. The Morgan fingerprint density at radius 1 is 1.27 bits per heavy atom. The number of carboxylic acid groups (broad SMARTS) is 1. The molecular formula is C16H16N2O3S. The highest BCUT2D eigenvalue weighted by Crippen LogP contribution is 2.34. The van der Waals surface area contributed by atoms with E-state index < -0.39 is 5.97 Å². The maximum atomic E-state index is 11.8. The number of amides is 1. The topological polar surface area (TPSA) is 79.3 Å². The molecule has 1 aliphatic rings. The Bertz CT molecular complexity index is 763. The van der Waals surface area contributed by atoms with Crippen molar-refractivity contribution in [3.05, 3.63) is 34.2 Å². The molecule has 5 nitrogen and oxygen atoms in total. The van der Waals surface area contributed by atoms with E-state index in [1.54, 1.807) is 0 Å². The molecule has 1 aromatic carbocycles. The van der Waals surface area contributed by atoms with Crippen LogP contribution >= 0.6 is 11.3 Å². The van der Waals surface area contributed by atoms with E-state index in [1.165, 1.54) is 0 Å². The molecule has 1 saturated carbocycles. The lowest BCUT2D eigenvalue weighted by Crippen LogP contribution is -2.12. The van der Waals surface area contributed by atoms with Crippen molar-refractivity contribution in [1.82, 2.24) is 4.98 Å². The van der Waals surface area contributed by atoms with E-state index in [9.17, 15) is 14.7 Å². The van der Waals surface area contributed by atoms with Gasteiger partial charge in [0.05, 0.1) is 5.69 Å². The minimum atomic E-state index is -1.03. The summed E-state index contributed by atoms with van der Waals surface area (Å²) in [7, 11) is 0. The van der Waals surface area contributed by atoms with E-state index in [1.807, 2.05) is 32.0 Å². The molecule has 0 unspecified atom stereocenters. The van der Waals surface area contributed by atoms with E-state index in [-0.39, 0.29) is 16.7 Å². The third-order valence-electron chi connectivity index (χ3n) is 3.78. The fraction of sp³-hybridized carbons (Fsp3) is 0.312. The molecule has 3 rings (SSSR count). The van der Waals surface area contributed by atoms with Crippen LogP contribution in [0.3, 0.4) is 0 Å². The molecule has 0 spiro atoms. The second-order valence-electron chi connectivity index (χ2n) is 5.56. The van der Waals surface area contributed by atoms with Gasteiger partial charge in [0.2, 0.25) is 5.91 Å². The minimum Gasteiger partial charge on any atom is -0.477 e. The average Bonchev–Trinajstić information content (AvgIpc) is 3.23. The fourth-order valence-corrected chi connectivity index (χ4v) is 2.99. The van der Waals surface area contributed by atoms with E-state index in [0.29, 0.717) is 10.8 Å². The van der Waals surface area contributed by atoms with Gasteiger partial charge in [0.15, 0.2) is 5.13 Å². The summed E-state index contributed by atoms with van der Waals surface area (Å²) in [5, 5.41) is 12.4. The van der Waals surface area contributed by atoms with E-state index in [4.69, 9.17) is 0 Å². The quantitative estimate of drug-likeness (QED) is 0.905. The molecule has 2 aromatic rings. The highest BCUT2D eigenvalue weighted by molar-refractivity contribution is 7.18. The summed E-state index contributed by atoms with van der Waals surface area (Å²) < 4.78 is 0. The summed E-state index contributed by atoms with van der Waals surface area (Å²) in [6.45, 7) is 3.97. The van der Waals surface area contributed by atoms with Gasteiger partial charge in [-0.2, -0.15) is 0 Å². The van der Waals surface area contributed by atoms with Gasteiger partial charge in [-0.15, -0.1) is 0 Å². The molecule has 22 heavy (non-hydrogen) atoms. The number of aromatic carboxylic acids is 1. The van der Waals surface area contributed by atoms with E-state index in [0.717, 1.165) is 40.9 Å². The third kappa shape index (κ3) is 2.87. The van der Waals surface area contributed by atoms with Gasteiger partial charge in [-0.1, -0.05) is 23.5 Å². The Hall–Kier alpha value is -2.21. The summed E-state index contributed by atoms with van der Waals surface area (Å²) in [6, 6.07) is 5.72. The fourth-order valence-electron chi connectivity index (χ4n) is 2.16. The van der Waals surface area contributed by atoms with Crippen molar-refractivity contribution in [2.75, 3.05) is 5.32 Å². The summed E-state index contributed by atoms with van der Waals surface area (Å²) in [4.78, 5) is 27.7. The van der Waals surface area contributed by atoms with Gasteiger partial charge < -0.3 is 10.4 Å². The van der Waals surface area contributed by atoms with Gasteiger partial charge >= 0.3 is 5.97 Å². The lowest BCUT2D eigenvalue weighted by Gasteiger charge is -2.03. The highest BCUT2D eigenvalue weighted by atomic mass is 32.1. The monoisotopic (exact) mass is 316 g/mol. The maximum Gasteiger partial charge on any atom is 0.348 e. The number of carboxylic acids is 1. The largest absolute Gasteiger partial charge is 0.477 e. The molecule has 0 radical (unpaired) electrons. The van der Waals surface area contributed by atoms with Gasteiger partial charge in [-0.25, -0.2) is 9.78 Å². The third-order valence-corrected chi connectivity index (χ3v) is 4.74. The van der Waals surface area contributed by atoms with Crippen molar-refractivity contribution < 1.29 is 14.7 Å². The molecule has 114 valence electrons. The molecule has 6 heteroatoms. The second-order valence-corrected chi connectivity index (χ2v) is 6.56. The maximum absolute atomic E-state index is 11.8. The number of nitrogens with zero attached hydrogens (tertiary/aromatic N) is 1. The number of carbonyl (C=O) groups excluding carboxylic acids is 1. The molecule has 1 fully saturated rings. The summed E-state index contributed by atoms with van der Waals surface area (Å²) in [5.74, 6) is -1.04. The molecule has 0 saturated heterocycles. The number of nitrogens with one attached hydrogen (secondary N) is 1. The van der Waals surface area contributed by atoms with Crippen LogP contribution in [0, 0.1) is 19.8 Å². The number of carbonyl (C=O) groups is 2. The summed E-state index contributed by atoms with van der Waals surface area (Å²) in [5.41, 5.74) is 3.37. The van der Waals surface area contributed by atoms with Gasteiger partial charge in [0.1, 0.15) is 4.88 Å². The Kier molecular flexibility index (Phi) is 3.70. The van der Waals surface area contributed by atoms with Crippen LogP contribution in [0.1, 0.15) is 33.6 Å². The number of rotatable bonds is 4. The molecule has 1 amide bonds. The zero-order valence-corrected chi connectivity index (χ0v) is 13.2. The van der Waals surface area contributed by atoms with E-state index >= 15 is 0 Å². The predicted molar refractivity (Wildman–Crippen MR) is 85.3 cm³/mol. The Balaban J connectivity index is 1.97. The molecule has 0 bridgehead atoms. The van der Waals surface area contributed by atoms with E-state index in [2.05, 4.69) is 10.3 Å². The van der Waals surface area contributed by atoms with Crippen LogP contribution in [0.25, 0.3) is 11.3 Å². The molecular weight excluding hydrogens is 300 g/mol.